The number of ether oxygens (including phenoxy) is 1. The fraction of sp³-hybridized carbons (Fsp3) is 0.533. The minimum absolute atomic E-state index is 0.247. The number of carbonyl (C=O) groups excluding carboxylic acids is 1. The van der Waals surface area contributed by atoms with E-state index in [0.717, 1.165) is 12.1 Å². The number of anilines is 1. The molecule has 0 radical (unpaired) electrons. The fourth-order valence-electron chi connectivity index (χ4n) is 2.13. The molecule has 1 rings (SSSR count). The van der Waals surface area contributed by atoms with Crippen LogP contribution < -0.4 is 5.32 Å². The smallest absolute Gasteiger partial charge is 0.331 e. The molecule has 0 aliphatic carbocycles. The molecule has 3 nitrogen and oxygen atoms in total. The molecule has 0 aliphatic rings. The molecule has 0 aliphatic heterocycles. The van der Waals surface area contributed by atoms with Crippen molar-refractivity contribution in [2.75, 3.05) is 11.9 Å². The van der Waals surface area contributed by atoms with Crippen LogP contribution in [0.2, 0.25) is 0 Å². The predicted octanol–water partition coefficient (Wildman–Crippen LogP) is 3.75. The molecular formula is C15H22FNO2. The summed E-state index contributed by atoms with van der Waals surface area (Å²) in [7, 11) is 0. The highest BCUT2D eigenvalue weighted by molar-refractivity contribution is 5.84. The van der Waals surface area contributed by atoms with Crippen LogP contribution in [0.25, 0.3) is 0 Å². The van der Waals surface area contributed by atoms with Crippen molar-refractivity contribution in [1.29, 1.82) is 0 Å². The Balaban J connectivity index is 2.95. The number of halogens is 1. The fourth-order valence-corrected chi connectivity index (χ4v) is 2.13. The maximum atomic E-state index is 12.9. The highest BCUT2D eigenvalue weighted by Crippen LogP contribution is 2.25. The van der Waals surface area contributed by atoms with Crippen molar-refractivity contribution in [3.63, 3.8) is 0 Å². The van der Waals surface area contributed by atoms with Crippen LogP contribution in [0.5, 0.6) is 0 Å². The van der Waals surface area contributed by atoms with E-state index in [4.69, 9.17) is 4.74 Å². The molecule has 0 saturated heterocycles. The molecule has 0 fully saturated rings. The molecule has 0 bridgehead atoms. The van der Waals surface area contributed by atoms with Crippen LogP contribution in [0.1, 0.15) is 40.0 Å². The van der Waals surface area contributed by atoms with E-state index in [0.29, 0.717) is 19.4 Å². The normalized spacial score (nSPS) is 13.7. The van der Waals surface area contributed by atoms with E-state index in [-0.39, 0.29) is 11.8 Å². The molecule has 4 heteroatoms. The van der Waals surface area contributed by atoms with Gasteiger partial charge >= 0.3 is 5.97 Å². The average molecular weight is 267 g/mol. The van der Waals surface area contributed by atoms with Crippen molar-refractivity contribution in [2.24, 2.45) is 0 Å². The molecule has 0 saturated carbocycles. The van der Waals surface area contributed by atoms with Gasteiger partial charge in [0.2, 0.25) is 0 Å². The number of hydrogen-bond acceptors (Lipinski definition) is 3. The maximum Gasteiger partial charge on any atom is 0.331 e. The molecule has 1 atom stereocenters. The SMILES string of the molecule is CCCC(CC)(Nc1ccc(F)cc1)C(=O)OCC. The zero-order valence-corrected chi connectivity index (χ0v) is 11.8. The van der Waals surface area contributed by atoms with Crippen molar-refractivity contribution in [3.05, 3.63) is 30.1 Å². The van der Waals surface area contributed by atoms with Crippen LogP contribution in [-0.2, 0) is 9.53 Å². The molecule has 1 aromatic rings. The van der Waals surface area contributed by atoms with Gasteiger partial charge in [-0.05, 0) is 44.0 Å². The lowest BCUT2D eigenvalue weighted by Crippen LogP contribution is -2.47. The third-order valence-corrected chi connectivity index (χ3v) is 3.17. The first-order valence-corrected chi connectivity index (χ1v) is 6.79. The summed E-state index contributed by atoms with van der Waals surface area (Å²) in [6.07, 6.45) is 2.16. The molecule has 0 spiro atoms. The van der Waals surface area contributed by atoms with E-state index >= 15 is 0 Å². The largest absolute Gasteiger partial charge is 0.464 e. The Morgan fingerprint density at radius 2 is 1.89 bits per heavy atom. The lowest BCUT2D eigenvalue weighted by molar-refractivity contribution is -0.149. The lowest BCUT2D eigenvalue weighted by Gasteiger charge is -2.32. The summed E-state index contributed by atoms with van der Waals surface area (Å²) in [5.74, 6) is -0.539. The summed E-state index contributed by atoms with van der Waals surface area (Å²) in [6.45, 7) is 6.12. The Morgan fingerprint density at radius 3 is 2.37 bits per heavy atom. The van der Waals surface area contributed by atoms with Gasteiger partial charge in [-0.25, -0.2) is 9.18 Å². The average Bonchev–Trinajstić information content (AvgIpc) is 2.41. The third kappa shape index (κ3) is 3.94. The number of hydrogen-bond donors (Lipinski definition) is 1. The van der Waals surface area contributed by atoms with Crippen LogP contribution in [0.3, 0.4) is 0 Å². The Bertz CT molecular complexity index is 405. The second-order valence-corrected chi connectivity index (χ2v) is 4.54. The van der Waals surface area contributed by atoms with E-state index in [1.54, 1.807) is 19.1 Å². The van der Waals surface area contributed by atoms with Gasteiger partial charge in [0.1, 0.15) is 11.4 Å². The molecule has 1 unspecified atom stereocenters. The van der Waals surface area contributed by atoms with Crippen molar-refractivity contribution in [1.82, 2.24) is 0 Å². The van der Waals surface area contributed by atoms with Gasteiger partial charge in [0, 0.05) is 5.69 Å². The van der Waals surface area contributed by atoms with Gasteiger partial charge in [-0.2, -0.15) is 0 Å². The Labute approximate surface area is 114 Å². The van der Waals surface area contributed by atoms with Gasteiger partial charge in [0.25, 0.3) is 0 Å². The molecule has 0 aromatic heterocycles. The van der Waals surface area contributed by atoms with Crippen molar-refractivity contribution in [2.45, 2.75) is 45.6 Å². The molecule has 1 N–H and O–H groups in total. The minimum Gasteiger partial charge on any atom is -0.464 e. The van der Waals surface area contributed by atoms with E-state index in [9.17, 15) is 9.18 Å². The number of benzene rings is 1. The van der Waals surface area contributed by atoms with E-state index in [1.807, 2.05) is 13.8 Å². The van der Waals surface area contributed by atoms with Crippen LogP contribution in [0.15, 0.2) is 24.3 Å². The Morgan fingerprint density at radius 1 is 1.26 bits per heavy atom. The topological polar surface area (TPSA) is 38.3 Å². The highest BCUT2D eigenvalue weighted by Gasteiger charge is 2.37. The van der Waals surface area contributed by atoms with Crippen LogP contribution in [-0.4, -0.2) is 18.1 Å². The second-order valence-electron chi connectivity index (χ2n) is 4.54. The summed E-state index contributed by atoms with van der Waals surface area (Å²) in [5.41, 5.74) is -0.00692. The van der Waals surface area contributed by atoms with Crippen molar-refractivity contribution in [3.8, 4) is 0 Å². The van der Waals surface area contributed by atoms with Gasteiger partial charge in [-0.15, -0.1) is 0 Å². The van der Waals surface area contributed by atoms with Gasteiger partial charge < -0.3 is 10.1 Å². The molecule has 106 valence electrons. The van der Waals surface area contributed by atoms with Crippen LogP contribution in [0, 0.1) is 5.82 Å². The number of nitrogens with one attached hydrogen (secondary N) is 1. The Kier molecular flexibility index (Phi) is 5.80. The predicted molar refractivity (Wildman–Crippen MR) is 74.6 cm³/mol. The zero-order valence-electron chi connectivity index (χ0n) is 11.8. The number of carbonyl (C=O) groups is 1. The van der Waals surface area contributed by atoms with E-state index in [1.165, 1.54) is 12.1 Å². The summed E-state index contributed by atoms with van der Waals surface area (Å²) in [6, 6.07) is 6.02. The van der Waals surface area contributed by atoms with E-state index < -0.39 is 5.54 Å². The van der Waals surface area contributed by atoms with Gasteiger partial charge in [0.05, 0.1) is 6.61 Å². The zero-order chi connectivity index (χ0) is 14.3. The summed E-state index contributed by atoms with van der Waals surface area (Å²) >= 11 is 0. The van der Waals surface area contributed by atoms with Crippen LogP contribution >= 0.6 is 0 Å². The van der Waals surface area contributed by atoms with Crippen molar-refractivity contribution >= 4 is 11.7 Å². The van der Waals surface area contributed by atoms with Crippen LogP contribution in [0.4, 0.5) is 10.1 Å². The first-order valence-electron chi connectivity index (χ1n) is 6.79. The highest BCUT2D eigenvalue weighted by atomic mass is 19.1. The lowest BCUT2D eigenvalue weighted by atomic mass is 9.90. The number of esters is 1. The molecule has 0 amide bonds. The Hall–Kier alpha value is -1.58. The van der Waals surface area contributed by atoms with Gasteiger partial charge in [-0.1, -0.05) is 20.3 Å². The second kappa shape index (κ2) is 7.12. The van der Waals surface area contributed by atoms with Crippen molar-refractivity contribution < 1.29 is 13.9 Å². The molecule has 1 aromatic carbocycles. The molecule has 19 heavy (non-hydrogen) atoms. The van der Waals surface area contributed by atoms with Gasteiger partial charge in [-0.3, -0.25) is 0 Å². The summed E-state index contributed by atoms with van der Waals surface area (Å²) < 4.78 is 18.1. The first kappa shape index (κ1) is 15.5. The molecular weight excluding hydrogens is 245 g/mol. The summed E-state index contributed by atoms with van der Waals surface area (Å²) in [5, 5.41) is 3.21. The maximum absolute atomic E-state index is 12.9. The van der Waals surface area contributed by atoms with E-state index in [2.05, 4.69) is 5.32 Å². The quantitative estimate of drug-likeness (QED) is 0.765. The summed E-state index contributed by atoms with van der Waals surface area (Å²) in [4.78, 5) is 12.2. The minimum atomic E-state index is -0.734. The standard InChI is InChI=1S/C15H22FNO2/c1-4-11-15(5-2,14(18)19-6-3)17-13-9-7-12(16)8-10-13/h7-10,17H,4-6,11H2,1-3H3. The monoisotopic (exact) mass is 267 g/mol. The number of rotatable bonds is 7. The third-order valence-electron chi connectivity index (χ3n) is 3.17. The van der Waals surface area contributed by atoms with Gasteiger partial charge in [0.15, 0.2) is 0 Å². The first-order chi connectivity index (χ1) is 9.07. The molecule has 0 heterocycles.